The Bertz CT molecular complexity index is 981. The lowest BCUT2D eigenvalue weighted by Crippen LogP contribution is -2.38. The molecule has 1 aliphatic heterocycles. The number of nitrogens with zero attached hydrogens (tertiary/aromatic N) is 1. The van der Waals surface area contributed by atoms with Gasteiger partial charge in [0.25, 0.3) is 5.91 Å². The zero-order valence-electron chi connectivity index (χ0n) is 15.9. The second-order valence-corrected chi connectivity index (χ2v) is 6.53. The first-order valence-electron chi connectivity index (χ1n) is 8.73. The molecule has 1 fully saturated rings. The maximum absolute atomic E-state index is 12.5. The molecule has 1 heterocycles. The normalized spacial score (nSPS) is 15.0. The minimum absolute atomic E-state index is 0.123. The third-order valence-corrected chi connectivity index (χ3v) is 4.30. The van der Waals surface area contributed by atoms with E-state index in [2.05, 4.69) is 10.6 Å². The number of anilines is 1. The molecule has 2 aromatic carbocycles. The Hall–Kier alpha value is -3.61. The fourth-order valence-corrected chi connectivity index (χ4v) is 2.94. The maximum atomic E-state index is 12.5. The third-order valence-electron chi connectivity index (χ3n) is 4.30. The van der Waals surface area contributed by atoms with Crippen LogP contribution in [0.3, 0.4) is 0 Å². The van der Waals surface area contributed by atoms with Gasteiger partial charge in [0.1, 0.15) is 18.0 Å². The van der Waals surface area contributed by atoms with Crippen LogP contribution < -0.4 is 15.4 Å². The van der Waals surface area contributed by atoms with Crippen LogP contribution in [-0.2, 0) is 9.59 Å². The van der Waals surface area contributed by atoms with Gasteiger partial charge >= 0.3 is 6.03 Å². The predicted octanol–water partition coefficient (Wildman–Crippen LogP) is 2.84. The summed E-state index contributed by atoms with van der Waals surface area (Å²) in [4.78, 5) is 37.8. The summed E-state index contributed by atoms with van der Waals surface area (Å²) in [5, 5.41) is 5.21. The maximum Gasteiger partial charge on any atom is 0.329 e. The third kappa shape index (κ3) is 4.20. The lowest BCUT2D eigenvalue weighted by molar-refractivity contribution is -0.127. The molecule has 4 amide bonds. The van der Waals surface area contributed by atoms with E-state index in [4.69, 9.17) is 4.74 Å². The summed E-state index contributed by atoms with van der Waals surface area (Å²) in [6, 6.07) is 12.1. The number of aryl methyl sites for hydroxylation is 2. The van der Waals surface area contributed by atoms with E-state index in [-0.39, 0.29) is 12.2 Å². The number of benzene rings is 2. The van der Waals surface area contributed by atoms with Crippen molar-refractivity contribution in [3.8, 4) is 5.75 Å². The van der Waals surface area contributed by atoms with Crippen LogP contribution in [0.1, 0.15) is 16.7 Å². The average molecular weight is 379 g/mol. The van der Waals surface area contributed by atoms with Gasteiger partial charge in [-0.2, -0.15) is 0 Å². The Kier molecular flexibility index (Phi) is 5.44. The standard InChI is InChI=1S/C21H21N3O4/c1-13-5-4-6-16(9-13)22-19(25)12-24-20(26)17(23-21(24)27)11-15-7-8-18(28-3)14(2)10-15/h4-11H,12H2,1-3H3,(H,22,25)(H,23,27)/b17-11+. The van der Waals surface area contributed by atoms with Crippen molar-refractivity contribution < 1.29 is 19.1 Å². The molecule has 2 N–H and O–H groups in total. The molecule has 0 saturated carbocycles. The van der Waals surface area contributed by atoms with E-state index in [1.54, 1.807) is 37.5 Å². The smallest absolute Gasteiger partial charge is 0.329 e. The molecule has 0 atom stereocenters. The Morgan fingerprint density at radius 1 is 1.18 bits per heavy atom. The van der Waals surface area contributed by atoms with Crippen molar-refractivity contribution in [1.29, 1.82) is 0 Å². The van der Waals surface area contributed by atoms with Crippen molar-refractivity contribution >= 4 is 29.6 Å². The van der Waals surface area contributed by atoms with Crippen LogP contribution in [-0.4, -0.2) is 36.4 Å². The number of methoxy groups -OCH3 is 1. The fourth-order valence-electron chi connectivity index (χ4n) is 2.94. The molecular weight excluding hydrogens is 358 g/mol. The summed E-state index contributed by atoms with van der Waals surface area (Å²) in [5.74, 6) is -0.258. The predicted molar refractivity (Wildman–Crippen MR) is 106 cm³/mol. The molecule has 0 aromatic heterocycles. The van der Waals surface area contributed by atoms with Crippen LogP contribution in [0, 0.1) is 13.8 Å². The van der Waals surface area contributed by atoms with Gasteiger partial charge in [-0.15, -0.1) is 0 Å². The lowest BCUT2D eigenvalue weighted by atomic mass is 10.1. The number of urea groups is 1. The molecule has 1 saturated heterocycles. The average Bonchev–Trinajstić information content (AvgIpc) is 2.89. The highest BCUT2D eigenvalue weighted by Gasteiger charge is 2.34. The first-order valence-corrected chi connectivity index (χ1v) is 8.73. The number of hydrogen-bond donors (Lipinski definition) is 2. The largest absolute Gasteiger partial charge is 0.496 e. The SMILES string of the molecule is COc1ccc(/C=C2/NC(=O)N(CC(=O)Nc3cccc(C)c3)C2=O)cc1C. The van der Waals surface area contributed by atoms with Gasteiger partial charge in [-0.3, -0.25) is 9.59 Å². The highest BCUT2D eigenvalue weighted by atomic mass is 16.5. The monoisotopic (exact) mass is 379 g/mol. The van der Waals surface area contributed by atoms with E-state index >= 15 is 0 Å². The Morgan fingerprint density at radius 3 is 2.64 bits per heavy atom. The molecule has 0 aliphatic carbocycles. The second kappa shape index (κ2) is 7.96. The summed E-state index contributed by atoms with van der Waals surface area (Å²) in [6.07, 6.45) is 1.57. The van der Waals surface area contributed by atoms with Crippen molar-refractivity contribution in [1.82, 2.24) is 10.2 Å². The molecule has 7 nitrogen and oxygen atoms in total. The summed E-state index contributed by atoms with van der Waals surface area (Å²) in [5.41, 5.74) is 3.38. The molecule has 28 heavy (non-hydrogen) atoms. The van der Waals surface area contributed by atoms with Crippen molar-refractivity contribution in [2.75, 3.05) is 19.0 Å². The summed E-state index contributed by atoms with van der Waals surface area (Å²) < 4.78 is 5.22. The number of imide groups is 1. The van der Waals surface area contributed by atoms with E-state index in [0.29, 0.717) is 5.69 Å². The van der Waals surface area contributed by atoms with Gasteiger partial charge in [0.15, 0.2) is 0 Å². The quantitative estimate of drug-likeness (QED) is 0.618. The molecule has 3 rings (SSSR count). The number of carbonyl (C=O) groups excluding carboxylic acids is 3. The minimum Gasteiger partial charge on any atom is -0.496 e. The molecule has 0 radical (unpaired) electrons. The molecule has 0 spiro atoms. The summed E-state index contributed by atoms with van der Waals surface area (Å²) >= 11 is 0. The zero-order chi connectivity index (χ0) is 20.3. The van der Waals surface area contributed by atoms with Crippen LogP contribution >= 0.6 is 0 Å². The molecular formula is C21H21N3O4. The van der Waals surface area contributed by atoms with Gasteiger partial charge in [-0.1, -0.05) is 18.2 Å². The second-order valence-electron chi connectivity index (χ2n) is 6.53. The first-order chi connectivity index (χ1) is 13.4. The van der Waals surface area contributed by atoms with Gasteiger partial charge in [-0.05, 0) is 60.9 Å². The summed E-state index contributed by atoms with van der Waals surface area (Å²) in [7, 11) is 1.58. The first kappa shape index (κ1) is 19.2. The van der Waals surface area contributed by atoms with Crippen LogP contribution in [0.5, 0.6) is 5.75 Å². The van der Waals surface area contributed by atoms with Crippen molar-refractivity contribution in [2.45, 2.75) is 13.8 Å². The molecule has 7 heteroatoms. The highest BCUT2D eigenvalue weighted by Crippen LogP contribution is 2.21. The topological polar surface area (TPSA) is 87.7 Å². The van der Waals surface area contributed by atoms with Gasteiger partial charge in [0.05, 0.1) is 7.11 Å². The fraction of sp³-hybridized carbons (Fsp3) is 0.190. The molecule has 0 unspecified atom stereocenters. The minimum atomic E-state index is -0.624. The van der Waals surface area contributed by atoms with E-state index in [0.717, 1.165) is 27.3 Å². The van der Waals surface area contributed by atoms with E-state index in [1.807, 2.05) is 32.0 Å². The van der Waals surface area contributed by atoms with E-state index in [1.165, 1.54) is 0 Å². The number of hydrogen-bond acceptors (Lipinski definition) is 4. The zero-order valence-corrected chi connectivity index (χ0v) is 15.9. The van der Waals surface area contributed by atoms with Crippen molar-refractivity contribution in [3.63, 3.8) is 0 Å². The molecule has 1 aliphatic rings. The van der Waals surface area contributed by atoms with Gasteiger partial charge in [-0.25, -0.2) is 9.69 Å². The van der Waals surface area contributed by atoms with Gasteiger partial charge < -0.3 is 15.4 Å². The number of amides is 4. The van der Waals surface area contributed by atoms with Gasteiger partial charge in [0, 0.05) is 5.69 Å². The van der Waals surface area contributed by atoms with Crippen LogP contribution in [0.2, 0.25) is 0 Å². The van der Waals surface area contributed by atoms with Crippen LogP contribution in [0.15, 0.2) is 48.2 Å². The molecule has 2 aromatic rings. The van der Waals surface area contributed by atoms with Crippen LogP contribution in [0.4, 0.5) is 10.5 Å². The Labute approximate surface area is 163 Å². The lowest BCUT2D eigenvalue weighted by Gasteiger charge is -2.12. The van der Waals surface area contributed by atoms with Gasteiger partial charge in [0.2, 0.25) is 5.91 Å². The Balaban J connectivity index is 1.71. The van der Waals surface area contributed by atoms with Crippen molar-refractivity contribution in [2.24, 2.45) is 0 Å². The Morgan fingerprint density at radius 2 is 1.96 bits per heavy atom. The summed E-state index contributed by atoms with van der Waals surface area (Å²) in [6.45, 7) is 3.43. The highest BCUT2D eigenvalue weighted by molar-refractivity contribution is 6.15. The van der Waals surface area contributed by atoms with Crippen LogP contribution in [0.25, 0.3) is 6.08 Å². The number of nitrogens with one attached hydrogen (secondary N) is 2. The van der Waals surface area contributed by atoms with Crippen molar-refractivity contribution in [3.05, 3.63) is 64.9 Å². The van der Waals surface area contributed by atoms with E-state index in [9.17, 15) is 14.4 Å². The number of ether oxygens (including phenoxy) is 1. The molecule has 144 valence electrons. The van der Waals surface area contributed by atoms with E-state index < -0.39 is 17.8 Å². The molecule has 0 bridgehead atoms. The number of carbonyl (C=O) groups is 3. The number of rotatable bonds is 5.